The van der Waals surface area contributed by atoms with E-state index in [1.807, 2.05) is 49.5 Å². The van der Waals surface area contributed by atoms with Gasteiger partial charge in [0.1, 0.15) is 12.4 Å². The molecule has 156 valence electrons. The fourth-order valence-corrected chi connectivity index (χ4v) is 3.36. The van der Waals surface area contributed by atoms with Gasteiger partial charge in [0.15, 0.2) is 0 Å². The average molecular weight is 414 g/mol. The van der Waals surface area contributed by atoms with Crippen LogP contribution in [0.25, 0.3) is 10.9 Å². The Morgan fingerprint density at radius 2 is 1.90 bits per heavy atom. The summed E-state index contributed by atoms with van der Waals surface area (Å²) in [7, 11) is 0. The van der Waals surface area contributed by atoms with E-state index in [2.05, 4.69) is 27.2 Å². The summed E-state index contributed by atoms with van der Waals surface area (Å²) in [6.45, 7) is 3.31. The van der Waals surface area contributed by atoms with E-state index in [-0.39, 0.29) is 5.69 Å². The fourth-order valence-electron chi connectivity index (χ4n) is 3.36. The van der Waals surface area contributed by atoms with Crippen LogP contribution in [-0.2, 0) is 6.54 Å². The third kappa shape index (κ3) is 4.90. The van der Waals surface area contributed by atoms with Gasteiger partial charge in [-0.25, -0.2) is 0 Å². The lowest BCUT2D eigenvalue weighted by Gasteiger charge is -2.08. The number of aromatic nitrogens is 1. The number of ether oxygens (including phenoxy) is 1. The predicted octanol–water partition coefficient (Wildman–Crippen LogP) is 5.38. The number of aryl methyl sites for hydroxylation is 1. The third-order valence-corrected chi connectivity index (χ3v) is 4.89. The molecular weight excluding hydrogens is 392 g/mol. The Morgan fingerprint density at radius 1 is 1.10 bits per heavy atom. The van der Waals surface area contributed by atoms with Crippen LogP contribution in [0.1, 0.15) is 11.1 Å². The summed E-state index contributed by atoms with van der Waals surface area (Å²) in [6, 6.07) is 22.3. The van der Waals surface area contributed by atoms with Crippen molar-refractivity contribution < 1.29 is 9.66 Å². The maximum absolute atomic E-state index is 10.8. The number of rotatable bonds is 8. The number of nitrogens with one attached hydrogen (secondary N) is 1. The molecule has 0 radical (unpaired) electrons. The van der Waals surface area contributed by atoms with E-state index in [0.717, 1.165) is 22.2 Å². The molecule has 1 heterocycles. The molecule has 0 saturated heterocycles. The molecular formula is C24H22N4O3. The highest BCUT2D eigenvalue weighted by Crippen LogP contribution is 2.21. The van der Waals surface area contributed by atoms with Crippen molar-refractivity contribution >= 4 is 28.5 Å². The molecule has 0 aliphatic rings. The minimum absolute atomic E-state index is 0.0467. The standard InChI is InChI=1S/C24H22N4O3/c1-18-5-4-6-22(15-18)31-14-13-27-17-19(23-7-2-3-8-24(23)27)16-25-26-20-9-11-21(12-10-20)28(29)30/h2-12,15-17,26H,13-14H2,1H3. The first kappa shape index (κ1) is 20.2. The molecule has 1 N–H and O–H groups in total. The number of anilines is 1. The zero-order valence-electron chi connectivity index (χ0n) is 17.1. The van der Waals surface area contributed by atoms with Crippen molar-refractivity contribution in [1.82, 2.24) is 4.57 Å². The number of non-ortho nitro benzene ring substituents is 1. The lowest BCUT2D eigenvalue weighted by Crippen LogP contribution is -2.07. The molecule has 0 atom stereocenters. The maximum atomic E-state index is 10.8. The largest absolute Gasteiger partial charge is 0.492 e. The molecule has 0 aliphatic heterocycles. The van der Waals surface area contributed by atoms with Crippen molar-refractivity contribution in [3.05, 3.63) is 100 Å². The van der Waals surface area contributed by atoms with Crippen LogP contribution in [0, 0.1) is 17.0 Å². The Labute approximate surface area is 179 Å². The molecule has 0 bridgehead atoms. The van der Waals surface area contributed by atoms with E-state index in [4.69, 9.17) is 4.74 Å². The molecule has 3 aromatic carbocycles. The molecule has 0 aliphatic carbocycles. The Hall–Kier alpha value is -4.13. The summed E-state index contributed by atoms with van der Waals surface area (Å²) in [4.78, 5) is 10.3. The Kier molecular flexibility index (Phi) is 5.93. The van der Waals surface area contributed by atoms with Crippen molar-refractivity contribution in [1.29, 1.82) is 0 Å². The normalized spacial score (nSPS) is 11.1. The molecule has 4 rings (SSSR count). The minimum atomic E-state index is -0.426. The van der Waals surface area contributed by atoms with Crippen LogP contribution in [0.4, 0.5) is 11.4 Å². The SMILES string of the molecule is Cc1cccc(OCCn2cc(C=NNc3ccc([N+](=O)[O-])cc3)c3ccccc32)c1. The number of nitro groups is 1. The first-order valence-corrected chi connectivity index (χ1v) is 9.91. The van der Waals surface area contributed by atoms with Crippen molar-refractivity contribution in [2.75, 3.05) is 12.0 Å². The van der Waals surface area contributed by atoms with Crippen LogP contribution >= 0.6 is 0 Å². The van der Waals surface area contributed by atoms with Crippen molar-refractivity contribution in [2.45, 2.75) is 13.5 Å². The molecule has 0 unspecified atom stereocenters. The molecule has 4 aromatic rings. The van der Waals surface area contributed by atoms with E-state index < -0.39 is 4.92 Å². The van der Waals surface area contributed by atoms with Gasteiger partial charge in [-0.15, -0.1) is 0 Å². The van der Waals surface area contributed by atoms with Crippen LogP contribution in [0.5, 0.6) is 5.75 Å². The van der Waals surface area contributed by atoms with Gasteiger partial charge in [0.05, 0.1) is 23.4 Å². The van der Waals surface area contributed by atoms with E-state index in [0.29, 0.717) is 18.8 Å². The lowest BCUT2D eigenvalue weighted by atomic mass is 10.2. The average Bonchev–Trinajstić information content (AvgIpc) is 3.12. The van der Waals surface area contributed by atoms with Gasteiger partial charge < -0.3 is 9.30 Å². The summed E-state index contributed by atoms with van der Waals surface area (Å²) in [5.41, 5.74) is 6.89. The van der Waals surface area contributed by atoms with Crippen LogP contribution in [0.15, 0.2) is 84.1 Å². The van der Waals surface area contributed by atoms with Gasteiger partial charge in [-0.3, -0.25) is 15.5 Å². The summed E-state index contributed by atoms with van der Waals surface area (Å²) in [5, 5.41) is 16.1. The third-order valence-electron chi connectivity index (χ3n) is 4.89. The quantitative estimate of drug-likeness (QED) is 0.238. The van der Waals surface area contributed by atoms with Gasteiger partial charge in [-0.2, -0.15) is 5.10 Å². The van der Waals surface area contributed by atoms with E-state index >= 15 is 0 Å². The van der Waals surface area contributed by atoms with Crippen LogP contribution in [-0.4, -0.2) is 22.3 Å². The number of hydrogen-bond donors (Lipinski definition) is 1. The van der Waals surface area contributed by atoms with Crippen molar-refractivity contribution in [3.8, 4) is 5.75 Å². The topological polar surface area (TPSA) is 81.7 Å². The zero-order valence-corrected chi connectivity index (χ0v) is 17.1. The minimum Gasteiger partial charge on any atom is -0.492 e. The summed E-state index contributed by atoms with van der Waals surface area (Å²) >= 11 is 0. The predicted molar refractivity (Wildman–Crippen MR) is 123 cm³/mol. The maximum Gasteiger partial charge on any atom is 0.269 e. The Morgan fingerprint density at radius 3 is 2.68 bits per heavy atom. The lowest BCUT2D eigenvalue weighted by molar-refractivity contribution is -0.384. The summed E-state index contributed by atoms with van der Waals surface area (Å²) < 4.78 is 8.05. The second-order valence-electron chi connectivity index (χ2n) is 7.13. The molecule has 0 fully saturated rings. The zero-order chi connectivity index (χ0) is 21.6. The number of fused-ring (bicyclic) bond motifs is 1. The number of hydrazone groups is 1. The monoisotopic (exact) mass is 414 g/mol. The molecule has 0 spiro atoms. The summed E-state index contributed by atoms with van der Waals surface area (Å²) in [6.07, 6.45) is 3.80. The van der Waals surface area contributed by atoms with Crippen LogP contribution < -0.4 is 10.2 Å². The number of nitro benzene ring substituents is 1. The van der Waals surface area contributed by atoms with Gasteiger partial charge in [-0.05, 0) is 42.8 Å². The highest BCUT2D eigenvalue weighted by atomic mass is 16.6. The van der Waals surface area contributed by atoms with Gasteiger partial charge >= 0.3 is 0 Å². The number of nitrogens with zero attached hydrogens (tertiary/aromatic N) is 3. The first-order chi connectivity index (χ1) is 15.1. The second-order valence-corrected chi connectivity index (χ2v) is 7.13. The molecule has 31 heavy (non-hydrogen) atoms. The van der Waals surface area contributed by atoms with Crippen LogP contribution in [0.3, 0.4) is 0 Å². The van der Waals surface area contributed by atoms with E-state index in [1.165, 1.54) is 17.7 Å². The summed E-state index contributed by atoms with van der Waals surface area (Å²) in [5.74, 6) is 0.866. The molecule has 1 aromatic heterocycles. The van der Waals surface area contributed by atoms with Gasteiger partial charge in [0.25, 0.3) is 5.69 Å². The van der Waals surface area contributed by atoms with E-state index in [1.54, 1.807) is 18.3 Å². The van der Waals surface area contributed by atoms with Gasteiger partial charge in [-0.1, -0.05) is 30.3 Å². The smallest absolute Gasteiger partial charge is 0.269 e. The van der Waals surface area contributed by atoms with E-state index in [9.17, 15) is 10.1 Å². The molecule has 0 amide bonds. The number of benzene rings is 3. The van der Waals surface area contributed by atoms with Crippen LogP contribution in [0.2, 0.25) is 0 Å². The Balaban J connectivity index is 1.45. The van der Waals surface area contributed by atoms with Gasteiger partial charge in [0, 0.05) is 34.8 Å². The Bertz CT molecular complexity index is 1230. The highest BCUT2D eigenvalue weighted by Gasteiger charge is 2.07. The number of para-hydroxylation sites is 1. The number of hydrogen-bond acceptors (Lipinski definition) is 5. The van der Waals surface area contributed by atoms with Gasteiger partial charge in [0.2, 0.25) is 0 Å². The first-order valence-electron chi connectivity index (χ1n) is 9.91. The van der Waals surface area contributed by atoms with Crippen molar-refractivity contribution in [2.24, 2.45) is 5.10 Å². The highest BCUT2D eigenvalue weighted by molar-refractivity contribution is 5.99. The fraction of sp³-hybridized carbons (Fsp3) is 0.125. The molecule has 7 nitrogen and oxygen atoms in total. The second kappa shape index (κ2) is 9.13. The molecule has 7 heteroatoms. The molecule has 0 saturated carbocycles. The van der Waals surface area contributed by atoms with Crippen molar-refractivity contribution in [3.63, 3.8) is 0 Å².